The quantitative estimate of drug-likeness (QED) is 0.889. The lowest BCUT2D eigenvalue weighted by Gasteiger charge is -2.13. The number of rotatable bonds is 5. The molecule has 0 saturated heterocycles. The Morgan fingerprint density at radius 3 is 2.21 bits per heavy atom. The summed E-state index contributed by atoms with van der Waals surface area (Å²) in [6.07, 6.45) is 1.28. The predicted molar refractivity (Wildman–Crippen MR) is 67.5 cm³/mol. The van der Waals surface area contributed by atoms with Gasteiger partial charge in [-0.25, -0.2) is 4.98 Å². The van der Waals surface area contributed by atoms with Gasteiger partial charge < -0.3 is 23.7 Å². The van der Waals surface area contributed by atoms with E-state index < -0.39 is 0 Å². The maximum atomic E-state index is 9.21. The number of methoxy groups -OCH3 is 3. The van der Waals surface area contributed by atoms with Crippen LogP contribution in [0.2, 0.25) is 0 Å². The van der Waals surface area contributed by atoms with Gasteiger partial charge in [-0.2, -0.15) is 0 Å². The first kappa shape index (κ1) is 13.2. The summed E-state index contributed by atoms with van der Waals surface area (Å²) in [5, 5.41) is 9.21. The zero-order chi connectivity index (χ0) is 13.8. The van der Waals surface area contributed by atoms with Gasteiger partial charge in [0.1, 0.15) is 5.69 Å². The van der Waals surface area contributed by atoms with Crippen molar-refractivity contribution < 1.29 is 23.7 Å². The van der Waals surface area contributed by atoms with Gasteiger partial charge in [-0.3, -0.25) is 0 Å². The van der Waals surface area contributed by atoms with Gasteiger partial charge in [-0.05, 0) is 12.1 Å². The number of aliphatic hydroxyl groups excluding tert-OH is 1. The SMILES string of the molecule is COc1cc(-c2ocnc2CO)cc(OC)c1OC. The van der Waals surface area contributed by atoms with Crippen molar-refractivity contribution in [2.24, 2.45) is 0 Å². The molecule has 0 radical (unpaired) electrons. The van der Waals surface area contributed by atoms with Gasteiger partial charge in [-0.15, -0.1) is 0 Å². The second kappa shape index (κ2) is 5.62. The second-order valence-electron chi connectivity index (χ2n) is 3.70. The summed E-state index contributed by atoms with van der Waals surface area (Å²) in [7, 11) is 4.61. The molecule has 1 aromatic heterocycles. The molecule has 0 aliphatic carbocycles. The van der Waals surface area contributed by atoms with E-state index in [0.717, 1.165) is 0 Å². The zero-order valence-corrected chi connectivity index (χ0v) is 11.0. The molecule has 0 atom stereocenters. The predicted octanol–water partition coefficient (Wildman–Crippen LogP) is 1.86. The van der Waals surface area contributed by atoms with E-state index in [0.29, 0.717) is 34.3 Å². The Hall–Kier alpha value is -2.21. The highest BCUT2D eigenvalue weighted by Gasteiger charge is 2.17. The molecule has 1 aromatic carbocycles. The fourth-order valence-corrected chi connectivity index (χ4v) is 1.83. The molecule has 0 spiro atoms. The van der Waals surface area contributed by atoms with Crippen LogP contribution in [0.25, 0.3) is 11.3 Å². The first-order valence-corrected chi connectivity index (χ1v) is 5.58. The number of ether oxygens (including phenoxy) is 3. The molecule has 6 nitrogen and oxygen atoms in total. The number of aliphatic hydroxyl groups is 1. The first-order valence-electron chi connectivity index (χ1n) is 5.58. The van der Waals surface area contributed by atoms with Gasteiger partial charge in [0.15, 0.2) is 23.7 Å². The number of hydrogen-bond donors (Lipinski definition) is 1. The van der Waals surface area contributed by atoms with Crippen LogP contribution in [-0.2, 0) is 6.61 Å². The van der Waals surface area contributed by atoms with Crippen molar-refractivity contribution in [1.29, 1.82) is 0 Å². The lowest BCUT2D eigenvalue weighted by Crippen LogP contribution is -1.96. The third-order valence-corrected chi connectivity index (χ3v) is 2.72. The van der Waals surface area contributed by atoms with Gasteiger partial charge in [-0.1, -0.05) is 0 Å². The fraction of sp³-hybridized carbons (Fsp3) is 0.308. The highest BCUT2D eigenvalue weighted by Crippen LogP contribution is 2.41. The molecular formula is C13H15NO5. The van der Waals surface area contributed by atoms with Crippen LogP contribution in [0.3, 0.4) is 0 Å². The molecular weight excluding hydrogens is 250 g/mol. The van der Waals surface area contributed by atoms with Crippen molar-refractivity contribution in [3.8, 4) is 28.6 Å². The summed E-state index contributed by atoms with van der Waals surface area (Å²) in [5.41, 5.74) is 1.14. The van der Waals surface area contributed by atoms with E-state index in [4.69, 9.17) is 18.6 Å². The van der Waals surface area contributed by atoms with Crippen molar-refractivity contribution in [3.05, 3.63) is 24.2 Å². The molecule has 2 aromatic rings. The maximum Gasteiger partial charge on any atom is 0.203 e. The van der Waals surface area contributed by atoms with Crippen LogP contribution in [0, 0.1) is 0 Å². The molecule has 0 aliphatic heterocycles. The summed E-state index contributed by atoms with van der Waals surface area (Å²) >= 11 is 0. The van der Waals surface area contributed by atoms with Crippen molar-refractivity contribution in [1.82, 2.24) is 4.98 Å². The van der Waals surface area contributed by atoms with Crippen LogP contribution in [0.1, 0.15) is 5.69 Å². The Morgan fingerprint density at radius 2 is 1.74 bits per heavy atom. The van der Waals surface area contributed by atoms with E-state index in [1.807, 2.05) is 0 Å². The highest BCUT2D eigenvalue weighted by molar-refractivity contribution is 5.68. The Bertz CT molecular complexity index is 539. The molecule has 102 valence electrons. The zero-order valence-electron chi connectivity index (χ0n) is 11.0. The van der Waals surface area contributed by atoms with Crippen LogP contribution in [0.5, 0.6) is 17.2 Å². The molecule has 6 heteroatoms. The van der Waals surface area contributed by atoms with Crippen LogP contribution in [-0.4, -0.2) is 31.4 Å². The molecule has 1 heterocycles. The molecule has 1 N–H and O–H groups in total. The van der Waals surface area contributed by atoms with Crippen LogP contribution < -0.4 is 14.2 Å². The minimum atomic E-state index is -0.206. The third kappa shape index (κ3) is 2.34. The maximum absolute atomic E-state index is 9.21. The van der Waals surface area contributed by atoms with Crippen LogP contribution in [0.4, 0.5) is 0 Å². The standard InChI is InChI=1S/C13H15NO5/c1-16-10-4-8(5-11(17-2)13(10)18-3)12-9(6-15)14-7-19-12/h4-5,7,15H,6H2,1-3H3. The fourth-order valence-electron chi connectivity index (χ4n) is 1.83. The Kier molecular flexibility index (Phi) is 3.91. The Morgan fingerprint density at radius 1 is 1.11 bits per heavy atom. The topological polar surface area (TPSA) is 74.0 Å². The second-order valence-corrected chi connectivity index (χ2v) is 3.70. The van der Waals surface area contributed by atoms with Gasteiger partial charge in [0.25, 0.3) is 0 Å². The van der Waals surface area contributed by atoms with Gasteiger partial charge in [0.2, 0.25) is 5.75 Å². The average Bonchev–Trinajstić information content (AvgIpc) is 2.93. The van der Waals surface area contributed by atoms with E-state index in [-0.39, 0.29) is 6.61 Å². The van der Waals surface area contributed by atoms with Gasteiger partial charge in [0, 0.05) is 5.56 Å². The molecule has 0 bridgehead atoms. The molecule has 0 aliphatic rings. The number of hydrogen-bond acceptors (Lipinski definition) is 6. The number of aromatic nitrogens is 1. The molecule has 2 rings (SSSR count). The highest BCUT2D eigenvalue weighted by atomic mass is 16.5. The van der Waals surface area contributed by atoms with Crippen molar-refractivity contribution >= 4 is 0 Å². The van der Waals surface area contributed by atoms with Crippen molar-refractivity contribution in [2.75, 3.05) is 21.3 Å². The van der Waals surface area contributed by atoms with E-state index in [1.54, 1.807) is 12.1 Å². The summed E-state index contributed by atoms with van der Waals surface area (Å²) in [4.78, 5) is 3.94. The number of oxazole rings is 1. The van der Waals surface area contributed by atoms with Crippen LogP contribution in [0.15, 0.2) is 22.9 Å². The minimum absolute atomic E-state index is 0.206. The molecule has 0 fully saturated rings. The van der Waals surface area contributed by atoms with Crippen molar-refractivity contribution in [3.63, 3.8) is 0 Å². The monoisotopic (exact) mass is 265 g/mol. The normalized spacial score (nSPS) is 10.3. The van der Waals surface area contributed by atoms with E-state index in [1.165, 1.54) is 27.7 Å². The smallest absolute Gasteiger partial charge is 0.203 e. The molecule has 0 amide bonds. The lowest BCUT2D eigenvalue weighted by molar-refractivity contribution is 0.277. The number of benzene rings is 1. The lowest BCUT2D eigenvalue weighted by atomic mass is 10.1. The summed E-state index contributed by atoms with van der Waals surface area (Å²) in [6.45, 7) is -0.206. The third-order valence-electron chi connectivity index (χ3n) is 2.72. The molecule has 19 heavy (non-hydrogen) atoms. The van der Waals surface area contributed by atoms with E-state index in [2.05, 4.69) is 4.98 Å². The molecule has 0 saturated carbocycles. The van der Waals surface area contributed by atoms with E-state index in [9.17, 15) is 5.11 Å². The van der Waals surface area contributed by atoms with Crippen molar-refractivity contribution in [2.45, 2.75) is 6.61 Å². The summed E-state index contributed by atoms with van der Waals surface area (Å²) < 4.78 is 21.1. The summed E-state index contributed by atoms with van der Waals surface area (Å²) in [5.74, 6) is 2.00. The molecule has 0 unspecified atom stereocenters. The Labute approximate surface area is 110 Å². The first-order chi connectivity index (χ1) is 9.24. The largest absolute Gasteiger partial charge is 0.493 e. The van der Waals surface area contributed by atoms with Gasteiger partial charge in [0.05, 0.1) is 27.9 Å². The average molecular weight is 265 g/mol. The number of nitrogens with zero attached hydrogens (tertiary/aromatic N) is 1. The minimum Gasteiger partial charge on any atom is -0.493 e. The van der Waals surface area contributed by atoms with Gasteiger partial charge >= 0.3 is 0 Å². The summed E-state index contributed by atoms with van der Waals surface area (Å²) in [6, 6.07) is 3.47. The Balaban J connectivity index is 2.59. The van der Waals surface area contributed by atoms with Crippen LogP contribution >= 0.6 is 0 Å². The van der Waals surface area contributed by atoms with E-state index >= 15 is 0 Å².